The van der Waals surface area contributed by atoms with Gasteiger partial charge in [0.2, 0.25) is 0 Å². The van der Waals surface area contributed by atoms with Crippen LogP contribution in [0.15, 0.2) is 24.8 Å². The van der Waals surface area contributed by atoms with Crippen molar-refractivity contribution < 1.29 is 19.4 Å². The Morgan fingerprint density at radius 2 is 2.19 bits per heavy atom. The maximum Gasteiger partial charge on any atom is 0.332 e. The van der Waals surface area contributed by atoms with Gasteiger partial charge in [0, 0.05) is 11.4 Å². The molecule has 0 unspecified atom stereocenters. The van der Waals surface area contributed by atoms with E-state index in [0.29, 0.717) is 30.3 Å². The van der Waals surface area contributed by atoms with Crippen molar-refractivity contribution in [2.24, 2.45) is 0 Å². The molecule has 1 aliphatic rings. The van der Waals surface area contributed by atoms with Crippen molar-refractivity contribution in [1.82, 2.24) is 4.90 Å². The number of carbonyl (C=O) groups is 2. The summed E-state index contributed by atoms with van der Waals surface area (Å²) in [4.78, 5) is 25.9. The van der Waals surface area contributed by atoms with Crippen LogP contribution in [0.25, 0.3) is 0 Å². The third-order valence-electron chi connectivity index (χ3n) is 3.21. The number of carbonyl (C=O) groups excluding carboxylic acids is 1. The van der Waals surface area contributed by atoms with E-state index < -0.39 is 18.2 Å². The highest BCUT2D eigenvalue weighted by Gasteiger charge is 2.36. The maximum atomic E-state index is 12.4. The molecule has 2 heterocycles. The summed E-state index contributed by atoms with van der Waals surface area (Å²) in [5, 5.41) is 8.91. The minimum atomic E-state index is -1.02. The van der Waals surface area contributed by atoms with Crippen molar-refractivity contribution in [2.45, 2.75) is 31.6 Å². The summed E-state index contributed by atoms with van der Waals surface area (Å²) in [5.74, 6) is -1.23. The number of carboxylic acid groups (broad SMARTS) is 1. The van der Waals surface area contributed by atoms with Gasteiger partial charge >= 0.3 is 5.97 Å². The highest BCUT2D eigenvalue weighted by molar-refractivity contribution is 7.16. The van der Waals surface area contributed by atoms with Crippen LogP contribution in [0.5, 0.6) is 0 Å². The number of rotatable bonds is 6. The Balaban J connectivity index is 2.02. The molecule has 21 heavy (non-hydrogen) atoms. The van der Waals surface area contributed by atoms with Gasteiger partial charge in [-0.1, -0.05) is 17.7 Å². The Labute approximate surface area is 131 Å². The average Bonchev–Trinajstić information content (AvgIpc) is 3.06. The smallest absolute Gasteiger partial charge is 0.332 e. The Kier molecular flexibility index (Phi) is 5.39. The van der Waals surface area contributed by atoms with Crippen LogP contribution in [-0.4, -0.2) is 40.6 Å². The number of thiophene rings is 1. The summed E-state index contributed by atoms with van der Waals surface area (Å²) in [7, 11) is 0. The lowest BCUT2D eigenvalue weighted by Crippen LogP contribution is -2.39. The van der Waals surface area contributed by atoms with Gasteiger partial charge in [-0.05, 0) is 25.0 Å². The summed E-state index contributed by atoms with van der Waals surface area (Å²) in [5.41, 5.74) is 0. The molecule has 1 aromatic heterocycles. The summed E-state index contributed by atoms with van der Waals surface area (Å²) >= 11 is 7.30. The normalized spacial score (nSPS) is 21.2. The second-order valence-electron chi connectivity index (χ2n) is 4.74. The summed E-state index contributed by atoms with van der Waals surface area (Å²) in [6.07, 6.45) is 0.839. The van der Waals surface area contributed by atoms with Gasteiger partial charge in [-0.3, -0.25) is 4.79 Å². The van der Waals surface area contributed by atoms with E-state index in [2.05, 4.69) is 6.58 Å². The number of hydrogen-bond acceptors (Lipinski definition) is 4. The summed E-state index contributed by atoms with van der Waals surface area (Å²) < 4.78 is 5.97. The molecule has 0 bridgehead atoms. The van der Waals surface area contributed by atoms with E-state index in [1.807, 2.05) is 6.07 Å². The second-order valence-corrected chi connectivity index (χ2v) is 6.54. The number of ether oxygens (including phenoxy) is 1. The topological polar surface area (TPSA) is 66.8 Å². The van der Waals surface area contributed by atoms with Gasteiger partial charge in [0.05, 0.1) is 10.9 Å². The van der Waals surface area contributed by atoms with Gasteiger partial charge in [0.1, 0.15) is 6.10 Å². The highest BCUT2D eigenvalue weighted by Crippen LogP contribution is 2.25. The molecule has 2 atom stereocenters. The number of aliphatic carboxylic acids is 1. The zero-order valence-corrected chi connectivity index (χ0v) is 12.9. The van der Waals surface area contributed by atoms with Crippen LogP contribution in [-0.2, 0) is 20.9 Å². The van der Waals surface area contributed by atoms with E-state index in [1.54, 1.807) is 17.0 Å². The van der Waals surface area contributed by atoms with Gasteiger partial charge in [0.15, 0.2) is 6.10 Å². The zero-order valence-electron chi connectivity index (χ0n) is 11.3. The fourth-order valence-corrected chi connectivity index (χ4v) is 3.32. The highest BCUT2D eigenvalue weighted by atomic mass is 35.5. The van der Waals surface area contributed by atoms with Crippen LogP contribution < -0.4 is 0 Å². The fourth-order valence-electron chi connectivity index (χ4n) is 2.22. The van der Waals surface area contributed by atoms with Crippen molar-refractivity contribution in [3.8, 4) is 0 Å². The molecule has 0 radical (unpaired) electrons. The minimum Gasteiger partial charge on any atom is -0.479 e. The van der Waals surface area contributed by atoms with Gasteiger partial charge < -0.3 is 14.7 Å². The largest absolute Gasteiger partial charge is 0.479 e. The van der Waals surface area contributed by atoms with Crippen molar-refractivity contribution >= 4 is 34.8 Å². The first-order valence-corrected chi connectivity index (χ1v) is 7.73. The molecule has 5 nitrogen and oxygen atoms in total. The standard InChI is InChI=1S/C14H16ClNO4S/c1-2-7-16(8-9-3-6-12(15)21-9)13(17)10-4-5-11(20-10)14(18)19/h2-3,6,10-11H,1,4-5,7-8H2,(H,18,19)/t10-,11+/m0/s1. The molecule has 0 aliphatic carbocycles. The molecule has 114 valence electrons. The third kappa shape index (κ3) is 4.06. The van der Waals surface area contributed by atoms with Crippen LogP contribution in [0.3, 0.4) is 0 Å². The molecular formula is C14H16ClNO4S. The van der Waals surface area contributed by atoms with Crippen LogP contribution >= 0.6 is 22.9 Å². The predicted octanol–water partition coefficient (Wildman–Crippen LogP) is 2.55. The lowest BCUT2D eigenvalue weighted by atomic mass is 10.2. The molecule has 1 saturated heterocycles. The summed E-state index contributed by atoms with van der Waals surface area (Å²) in [6, 6.07) is 3.65. The molecule has 7 heteroatoms. The van der Waals surface area contributed by atoms with Crippen molar-refractivity contribution in [2.75, 3.05) is 6.54 Å². The molecule has 1 N–H and O–H groups in total. The predicted molar refractivity (Wildman–Crippen MR) is 80.5 cm³/mol. The minimum absolute atomic E-state index is 0.205. The maximum absolute atomic E-state index is 12.4. The van der Waals surface area contributed by atoms with E-state index in [0.717, 1.165) is 4.88 Å². The van der Waals surface area contributed by atoms with Crippen LogP contribution in [0, 0.1) is 0 Å². The first-order valence-electron chi connectivity index (χ1n) is 6.53. The van der Waals surface area contributed by atoms with Gasteiger partial charge in [-0.25, -0.2) is 4.79 Å². The van der Waals surface area contributed by atoms with Gasteiger partial charge in [-0.2, -0.15) is 0 Å². The van der Waals surface area contributed by atoms with Gasteiger partial charge in [-0.15, -0.1) is 17.9 Å². The molecule has 1 amide bonds. The molecule has 1 fully saturated rings. The lowest BCUT2D eigenvalue weighted by molar-refractivity contribution is -0.154. The zero-order chi connectivity index (χ0) is 15.4. The molecular weight excluding hydrogens is 314 g/mol. The number of carboxylic acids is 1. The van der Waals surface area contributed by atoms with Crippen LogP contribution in [0.1, 0.15) is 17.7 Å². The lowest BCUT2D eigenvalue weighted by Gasteiger charge is -2.23. The SMILES string of the molecule is C=CCN(Cc1ccc(Cl)s1)C(=O)[C@@H]1CC[C@H](C(=O)O)O1. The number of hydrogen-bond donors (Lipinski definition) is 1. The monoisotopic (exact) mass is 329 g/mol. The van der Waals surface area contributed by atoms with Gasteiger partial charge in [0.25, 0.3) is 5.91 Å². The van der Waals surface area contributed by atoms with E-state index in [-0.39, 0.29) is 5.91 Å². The molecule has 0 spiro atoms. The first kappa shape index (κ1) is 16.0. The fraction of sp³-hybridized carbons (Fsp3) is 0.429. The number of halogens is 1. The Morgan fingerprint density at radius 3 is 2.71 bits per heavy atom. The third-order valence-corrected chi connectivity index (χ3v) is 4.42. The quantitative estimate of drug-likeness (QED) is 0.814. The molecule has 2 rings (SSSR count). The number of nitrogens with zero attached hydrogens (tertiary/aromatic N) is 1. The second kappa shape index (κ2) is 7.06. The van der Waals surface area contributed by atoms with E-state index in [4.69, 9.17) is 21.4 Å². The molecule has 0 aromatic carbocycles. The Bertz CT molecular complexity index is 545. The Hall–Kier alpha value is -1.37. The first-order chi connectivity index (χ1) is 10.0. The molecule has 1 aromatic rings. The van der Waals surface area contributed by atoms with Crippen molar-refractivity contribution in [3.63, 3.8) is 0 Å². The van der Waals surface area contributed by atoms with E-state index in [1.165, 1.54) is 11.3 Å². The van der Waals surface area contributed by atoms with Crippen molar-refractivity contribution in [3.05, 3.63) is 34.0 Å². The molecule has 1 aliphatic heterocycles. The van der Waals surface area contributed by atoms with Crippen LogP contribution in [0.2, 0.25) is 4.34 Å². The van der Waals surface area contributed by atoms with E-state index in [9.17, 15) is 9.59 Å². The number of amides is 1. The Morgan fingerprint density at radius 1 is 1.48 bits per heavy atom. The van der Waals surface area contributed by atoms with Crippen LogP contribution in [0.4, 0.5) is 0 Å². The van der Waals surface area contributed by atoms with Crippen molar-refractivity contribution in [1.29, 1.82) is 0 Å². The average molecular weight is 330 g/mol. The summed E-state index contributed by atoms with van der Waals surface area (Å²) in [6.45, 7) is 4.45. The molecule has 0 saturated carbocycles. The van der Waals surface area contributed by atoms with E-state index >= 15 is 0 Å².